The fraction of sp³-hybridized carbons (Fsp3) is 0.579. The van der Waals surface area contributed by atoms with Crippen LogP contribution in [0.4, 0.5) is 4.79 Å². The molecule has 6 heteroatoms. The first-order chi connectivity index (χ1) is 12.2. The summed E-state index contributed by atoms with van der Waals surface area (Å²) in [4.78, 5) is 26.6. The molecule has 136 valence electrons. The summed E-state index contributed by atoms with van der Waals surface area (Å²) in [5, 5.41) is 6.11. The number of nitrogens with one attached hydrogen (secondary N) is 2. The van der Waals surface area contributed by atoms with Gasteiger partial charge in [-0.05, 0) is 37.8 Å². The SMILES string of the molecule is COc1ccccc1C(=O)N1CCC(NC(=O)NC2CCCC2)CC1. The normalized spacial score (nSPS) is 18.8. The number of urea groups is 1. The number of amides is 3. The van der Waals surface area contributed by atoms with Crippen molar-refractivity contribution in [3.63, 3.8) is 0 Å². The van der Waals surface area contributed by atoms with Crippen LogP contribution in [0.3, 0.4) is 0 Å². The molecule has 0 spiro atoms. The van der Waals surface area contributed by atoms with E-state index in [1.807, 2.05) is 17.0 Å². The number of benzene rings is 1. The molecule has 3 rings (SSSR count). The van der Waals surface area contributed by atoms with Gasteiger partial charge in [0.1, 0.15) is 5.75 Å². The summed E-state index contributed by atoms with van der Waals surface area (Å²) >= 11 is 0. The number of carbonyl (C=O) groups excluding carboxylic acids is 2. The van der Waals surface area contributed by atoms with Crippen molar-refractivity contribution in [1.82, 2.24) is 15.5 Å². The highest BCUT2D eigenvalue weighted by Gasteiger charge is 2.26. The Labute approximate surface area is 148 Å². The van der Waals surface area contributed by atoms with Gasteiger partial charge in [-0.2, -0.15) is 0 Å². The third-order valence-corrected chi connectivity index (χ3v) is 5.15. The molecule has 0 atom stereocenters. The van der Waals surface area contributed by atoms with Gasteiger partial charge in [0.25, 0.3) is 5.91 Å². The van der Waals surface area contributed by atoms with Gasteiger partial charge < -0.3 is 20.3 Å². The molecule has 3 amide bonds. The molecule has 1 heterocycles. The molecule has 1 aromatic rings. The zero-order valence-corrected chi connectivity index (χ0v) is 14.8. The summed E-state index contributed by atoms with van der Waals surface area (Å²) in [6.07, 6.45) is 6.12. The van der Waals surface area contributed by atoms with E-state index in [1.165, 1.54) is 12.8 Å². The quantitative estimate of drug-likeness (QED) is 0.881. The minimum atomic E-state index is -0.0681. The van der Waals surface area contributed by atoms with E-state index in [2.05, 4.69) is 10.6 Å². The van der Waals surface area contributed by atoms with Crippen molar-refractivity contribution in [2.45, 2.75) is 50.6 Å². The number of nitrogens with zero attached hydrogens (tertiary/aromatic N) is 1. The van der Waals surface area contributed by atoms with Crippen molar-refractivity contribution < 1.29 is 14.3 Å². The zero-order chi connectivity index (χ0) is 17.6. The number of carbonyl (C=O) groups is 2. The summed E-state index contributed by atoms with van der Waals surface area (Å²) in [7, 11) is 1.57. The number of ether oxygens (including phenoxy) is 1. The lowest BCUT2D eigenvalue weighted by atomic mass is 10.0. The third kappa shape index (κ3) is 4.44. The molecule has 2 fully saturated rings. The highest BCUT2D eigenvalue weighted by molar-refractivity contribution is 5.97. The smallest absolute Gasteiger partial charge is 0.315 e. The van der Waals surface area contributed by atoms with Crippen molar-refractivity contribution in [3.8, 4) is 5.75 Å². The van der Waals surface area contributed by atoms with Crippen molar-refractivity contribution in [2.75, 3.05) is 20.2 Å². The maximum Gasteiger partial charge on any atom is 0.315 e. The van der Waals surface area contributed by atoms with Gasteiger partial charge in [0.05, 0.1) is 12.7 Å². The van der Waals surface area contributed by atoms with Gasteiger partial charge in [-0.15, -0.1) is 0 Å². The molecule has 0 aromatic heterocycles. The van der Waals surface area contributed by atoms with Gasteiger partial charge in [0.15, 0.2) is 0 Å². The fourth-order valence-corrected chi connectivity index (χ4v) is 3.70. The average Bonchev–Trinajstić information content (AvgIpc) is 3.14. The minimum absolute atomic E-state index is 0.00805. The van der Waals surface area contributed by atoms with Crippen LogP contribution in [0.5, 0.6) is 5.75 Å². The number of hydrogen-bond donors (Lipinski definition) is 2. The van der Waals surface area contributed by atoms with Gasteiger partial charge in [-0.1, -0.05) is 25.0 Å². The summed E-state index contributed by atoms with van der Waals surface area (Å²) in [6.45, 7) is 1.29. The first kappa shape index (κ1) is 17.6. The van der Waals surface area contributed by atoms with Crippen LogP contribution >= 0.6 is 0 Å². The molecule has 1 aliphatic heterocycles. The maximum absolute atomic E-state index is 12.7. The first-order valence-electron chi connectivity index (χ1n) is 9.16. The lowest BCUT2D eigenvalue weighted by molar-refractivity contribution is 0.0705. The van der Waals surface area contributed by atoms with Crippen LogP contribution in [-0.2, 0) is 0 Å². The molecule has 1 aliphatic carbocycles. The van der Waals surface area contributed by atoms with Crippen LogP contribution in [-0.4, -0.2) is 49.1 Å². The number of likely N-dealkylation sites (tertiary alicyclic amines) is 1. The lowest BCUT2D eigenvalue weighted by Gasteiger charge is -2.33. The molecular formula is C19H27N3O3. The highest BCUT2D eigenvalue weighted by Crippen LogP contribution is 2.22. The Bertz CT molecular complexity index is 606. The van der Waals surface area contributed by atoms with Crippen molar-refractivity contribution in [3.05, 3.63) is 29.8 Å². The number of para-hydroxylation sites is 1. The van der Waals surface area contributed by atoms with Gasteiger partial charge in [0.2, 0.25) is 0 Å². The number of piperidine rings is 1. The largest absolute Gasteiger partial charge is 0.496 e. The summed E-state index contributed by atoms with van der Waals surface area (Å²) < 4.78 is 5.28. The molecule has 2 N–H and O–H groups in total. The summed E-state index contributed by atoms with van der Waals surface area (Å²) in [6, 6.07) is 7.68. The molecule has 0 radical (unpaired) electrons. The molecule has 25 heavy (non-hydrogen) atoms. The van der Waals surface area contributed by atoms with Gasteiger partial charge in [-0.3, -0.25) is 4.79 Å². The van der Waals surface area contributed by atoms with Gasteiger partial charge in [-0.25, -0.2) is 4.79 Å². The number of methoxy groups -OCH3 is 1. The Morgan fingerprint density at radius 1 is 1.00 bits per heavy atom. The fourth-order valence-electron chi connectivity index (χ4n) is 3.70. The summed E-state index contributed by atoms with van der Waals surface area (Å²) in [5.41, 5.74) is 0.593. The van der Waals surface area contributed by atoms with E-state index in [0.717, 1.165) is 25.7 Å². The zero-order valence-electron chi connectivity index (χ0n) is 14.8. The second-order valence-electron chi connectivity index (χ2n) is 6.87. The van der Waals surface area contributed by atoms with Crippen LogP contribution in [0, 0.1) is 0 Å². The predicted octanol–water partition coefficient (Wildman–Crippen LogP) is 2.54. The average molecular weight is 345 g/mol. The van der Waals surface area contributed by atoms with Crippen LogP contribution < -0.4 is 15.4 Å². The predicted molar refractivity (Wildman–Crippen MR) is 95.8 cm³/mol. The summed E-state index contributed by atoms with van der Waals surface area (Å²) in [5.74, 6) is 0.593. The van der Waals surface area contributed by atoms with Gasteiger partial charge >= 0.3 is 6.03 Å². The first-order valence-corrected chi connectivity index (χ1v) is 9.16. The van der Waals surface area contributed by atoms with Crippen molar-refractivity contribution in [1.29, 1.82) is 0 Å². The molecule has 1 aromatic carbocycles. The van der Waals surface area contributed by atoms with Crippen molar-refractivity contribution in [2.24, 2.45) is 0 Å². The molecule has 1 saturated carbocycles. The van der Waals surface area contributed by atoms with Crippen LogP contribution in [0.25, 0.3) is 0 Å². The van der Waals surface area contributed by atoms with E-state index >= 15 is 0 Å². The van der Waals surface area contributed by atoms with E-state index in [-0.39, 0.29) is 18.0 Å². The van der Waals surface area contributed by atoms with Crippen molar-refractivity contribution >= 4 is 11.9 Å². The Balaban J connectivity index is 1.48. The van der Waals surface area contributed by atoms with Crippen LogP contribution in [0.1, 0.15) is 48.9 Å². The number of rotatable bonds is 4. The molecule has 0 bridgehead atoms. The second-order valence-corrected chi connectivity index (χ2v) is 6.87. The Hall–Kier alpha value is -2.24. The van der Waals surface area contributed by atoms with Crippen LogP contribution in [0.2, 0.25) is 0 Å². The number of hydrogen-bond acceptors (Lipinski definition) is 3. The Kier molecular flexibility index (Phi) is 5.79. The molecule has 1 saturated heterocycles. The Morgan fingerprint density at radius 3 is 2.24 bits per heavy atom. The Morgan fingerprint density at radius 2 is 1.60 bits per heavy atom. The topological polar surface area (TPSA) is 70.7 Å². The molecular weight excluding hydrogens is 318 g/mol. The monoisotopic (exact) mass is 345 g/mol. The molecule has 2 aliphatic rings. The molecule has 6 nitrogen and oxygen atoms in total. The van der Waals surface area contributed by atoms with Crippen LogP contribution in [0.15, 0.2) is 24.3 Å². The maximum atomic E-state index is 12.7. The third-order valence-electron chi connectivity index (χ3n) is 5.15. The molecule has 0 unspecified atom stereocenters. The van der Waals surface area contributed by atoms with E-state index < -0.39 is 0 Å². The standard InChI is InChI=1S/C19H27N3O3/c1-25-17-9-5-4-8-16(17)18(23)22-12-10-15(11-13-22)21-19(24)20-14-6-2-3-7-14/h4-5,8-9,14-15H,2-3,6-7,10-13H2,1H3,(H2,20,21,24). The van der Waals surface area contributed by atoms with E-state index in [1.54, 1.807) is 19.2 Å². The van der Waals surface area contributed by atoms with E-state index in [0.29, 0.717) is 30.4 Å². The lowest BCUT2D eigenvalue weighted by Crippen LogP contribution is -2.50. The minimum Gasteiger partial charge on any atom is -0.496 e. The van der Waals surface area contributed by atoms with E-state index in [4.69, 9.17) is 4.74 Å². The highest BCUT2D eigenvalue weighted by atomic mass is 16.5. The van der Waals surface area contributed by atoms with Gasteiger partial charge in [0, 0.05) is 25.2 Å². The second kappa shape index (κ2) is 8.23. The van der Waals surface area contributed by atoms with E-state index in [9.17, 15) is 9.59 Å².